The molecule has 0 spiro atoms. The van der Waals surface area contributed by atoms with Gasteiger partial charge in [-0.2, -0.15) is 0 Å². The Morgan fingerprint density at radius 1 is 1.50 bits per heavy atom. The molecule has 0 amide bonds. The summed E-state index contributed by atoms with van der Waals surface area (Å²) >= 11 is 6.10. The lowest BCUT2D eigenvalue weighted by atomic mass is 10.3. The van der Waals surface area contributed by atoms with Crippen LogP contribution < -0.4 is 0 Å². The lowest BCUT2D eigenvalue weighted by molar-refractivity contribution is -0.112. The van der Waals surface area contributed by atoms with E-state index in [1.165, 1.54) is 6.92 Å². The molecule has 58 valence electrons. The number of aliphatic hydroxyl groups excluding tert-OH is 1. The minimum Gasteiger partial charge on any atom is -0.388 e. The number of Topliss-reactive ketones (excluding diaryl/α,β-unsaturated/α-hetero) is 1. The first kappa shape index (κ1) is 10.3. The Balaban J connectivity index is 4.50. The van der Waals surface area contributed by atoms with Crippen molar-refractivity contribution in [2.45, 2.75) is 20.0 Å². The number of halogens is 2. The van der Waals surface area contributed by atoms with Gasteiger partial charge in [0, 0.05) is 4.48 Å². The van der Waals surface area contributed by atoms with E-state index in [0.29, 0.717) is 8.96 Å². The molecule has 0 aromatic carbocycles. The molecule has 0 aromatic rings. The van der Waals surface area contributed by atoms with Crippen molar-refractivity contribution in [3.8, 4) is 0 Å². The van der Waals surface area contributed by atoms with Crippen LogP contribution in [0.25, 0.3) is 0 Å². The van der Waals surface area contributed by atoms with Gasteiger partial charge in [0.2, 0.25) is 0 Å². The fourth-order valence-corrected chi connectivity index (χ4v) is 0.962. The molecule has 1 unspecified atom stereocenters. The van der Waals surface area contributed by atoms with E-state index in [9.17, 15) is 4.79 Å². The molecule has 1 atom stereocenters. The smallest absolute Gasteiger partial charge is 0.167 e. The molecule has 0 bridgehead atoms. The fourth-order valence-electron chi connectivity index (χ4n) is 0.352. The first-order valence-corrected chi connectivity index (χ1v) is 4.29. The molecule has 0 aliphatic heterocycles. The Morgan fingerprint density at radius 2 is 1.90 bits per heavy atom. The van der Waals surface area contributed by atoms with Crippen molar-refractivity contribution in [1.29, 1.82) is 0 Å². The quantitative estimate of drug-likeness (QED) is 0.780. The average molecular weight is 272 g/mol. The molecule has 0 saturated heterocycles. The molecule has 0 heterocycles. The monoisotopic (exact) mass is 270 g/mol. The summed E-state index contributed by atoms with van der Waals surface area (Å²) in [4.78, 5) is 10.6. The number of hydrogen-bond donors (Lipinski definition) is 1. The van der Waals surface area contributed by atoms with Crippen LogP contribution in [0.4, 0.5) is 0 Å². The average Bonchev–Trinajstić information content (AvgIpc) is 1.84. The number of carbonyl (C=O) groups is 1. The van der Waals surface area contributed by atoms with E-state index in [-0.39, 0.29) is 5.78 Å². The zero-order chi connectivity index (χ0) is 8.31. The van der Waals surface area contributed by atoms with Gasteiger partial charge in [0.05, 0.1) is 10.6 Å². The molecule has 10 heavy (non-hydrogen) atoms. The van der Waals surface area contributed by atoms with Gasteiger partial charge in [-0.1, -0.05) is 15.9 Å². The topological polar surface area (TPSA) is 37.3 Å². The van der Waals surface area contributed by atoms with Crippen LogP contribution in [0, 0.1) is 0 Å². The van der Waals surface area contributed by atoms with Crippen LogP contribution in [0.3, 0.4) is 0 Å². The highest BCUT2D eigenvalue weighted by Crippen LogP contribution is 2.21. The van der Waals surface area contributed by atoms with Crippen molar-refractivity contribution in [3.05, 3.63) is 8.96 Å². The van der Waals surface area contributed by atoms with Gasteiger partial charge in [-0.05, 0) is 29.8 Å². The highest BCUT2D eigenvalue weighted by molar-refractivity contribution is 9.14. The van der Waals surface area contributed by atoms with Crippen molar-refractivity contribution in [1.82, 2.24) is 0 Å². The summed E-state index contributed by atoms with van der Waals surface area (Å²) in [6.45, 7) is 3.00. The first-order chi connectivity index (χ1) is 4.46. The number of hydrogen-bond acceptors (Lipinski definition) is 2. The Kier molecular flexibility index (Phi) is 4.40. The Labute approximate surface area is 76.6 Å². The summed E-state index contributed by atoms with van der Waals surface area (Å²) in [6.07, 6.45) is -0.640. The van der Waals surface area contributed by atoms with Crippen LogP contribution in [0.5, 0.6) is 0 Å². The largest absolute Gasteiger partial charge is 0.388 e. The molecule has 0 radical (unpaired) electrons. The third kappa shape index (κ3) is 2.94. The minimum atomic E-state index is -0.640. The van der Waals surface area contributed by atoms with Crippen LogP contribution in [0.1, 0.15) is 13.8 Å². The Morgan fingerprint density at radius 3 is 2.00 bits per heavy atom. The fraction of sp³-hybridized carbons (Fsp3) is 0.500. The molecule has 0 fully saturated rings. The van der Waals surface area contributed by atoms with Gasteiger partial charge in [-0.3, -0.25) is 4.79 Å². The van der Waals surface area contributed by atoms with Crippen molar-refractivity contribution >= 4 is 37.6 Å². The Bertz CT molecular complexity index is 173. The molecular formula is C6H8Br2O2. The second-order valence-corrected chi connectivity index (χ2v) is 3.54. The predicted octanol–water partition coefficient (Wildman–Crippen LogP) is 1.96. The second-order valence-electron chi connectivity index (χ2n) is 1.89. The molecular weight excluding hydrogens is 264 g/mol. The summed E-state index contributed by atoms with van der Waals surface area (Å²) < 4.78 is 0.877. The number of carbonyl (C=O) groups excluding carboxylic acids is 1. The number of aliphatic hydroxyl groups is 1. The number of rotatable bonds is 2. The van der Waals surface area contributed by atoms with Crippen molar-refractivity contribution < 1.29 is 9.90 Å². The van der Waals surface area contributed by atoms with Gasteiger partial charge in [-0.15, -0.1) is 0 Å². The molecule has 4 heteroatoms. The number of allylic oxidation sites excluding steroid dienone is 1. The van der Waals surface area contributed by atoms with Gasteiger partial charge in [0.15, 0.2) is 5.78 Å². The van der Waals surface area contributed by atoms with Gasteiger partial charge in [0.1, 0.15) is 0 Å². The van der Waals surface area contributed by atoms with Crippen LogP contribution in [-0.4, -0.2) is 17.0 Å². The lowest BCUT2D eigenvalue weighted by Gasteiger charge is -2.03. The minimum absolute atomic E-state index is 0.104. The molecule has 2 nitrogen and oxygen atoms in total. The van der Waals surface area contributed by atoms with E-state index < -0.39 is 6.10 Å². The van der Waals surface area contributed by atoms with E-state index >= 15 is 0 Å². The van der Waals surface area contributed by atoms with Crippen molar-refractivity contribution in [3.63, 3.8) is 0 Å². The van der Waals surface area contributed by atoms with Crippen molar-refractivity contribution in [2.75, 3.05) is 0 Å². The zero-order valence-electron chi connectivity index (χ0n) is 5.69. The number of ketones is 1. The van der Waals surface area contributed by atoms with Gasteiger partial charge in [0.25, 0.3) is 0 Å². The van der Waals surface area contributed by atoms with Crippen LogP contribution >= 0.6 is 31.9 Å². The maximum atomic E-state index is 10.6. The standard InChI is InChI=1S/C6H8Br2O2/c1-3(9)5(7)6(8)4(2)10/h3,9H,1-2H3/b6-5+. The van der Waals surface area contributed by atoms with Crippen LogP contribution in [0.15, 0.2) is 8.96 Å². The summed E-state index contributed by atoms with van der Waals surface area (Å²) in [7, 11) is 0. The molecule has 0 rings (SSSR count). The maximum absolute atomic E-state index is 10.6. The molecule has 1 N–H and O–H groups in total. The van der Waals surface area contributed by atoms with E-state index in [2.05, 4.69) is 31.9 Å². The van der Waals surface area contributed by atoms with E-state index in [0.717, 1.165) is 0 Å². The highest BCUT2D eigenvalue weighted by atomic mass is 79.9. The highest BCUT2D eigenvalue weighted by Gasteiger charge is 2.09. The van der Waals surface area contributed by atoms with E-state index in [4.69, 9.17) is 5.11 Å². The summed E-state index contributed by atoms with van der Waals surface area (Å²) in [5.41, 5.74) is 0. The molecule has 0 saturated carbocycles. The first-order valence-electron chi connectivity index (χ1n) is 2.71. The van der Waals surface area contributed by atoms with Gasteiger partial charge >= 0.3 is 0 Å². The predicted molar refractivity (Wildman–Crippen MR) is 47.2 cm³/mol. The van der Waals surface area contributed by atoms with Crippen LogP contribution in [0.2, 0.25) is 0 Å². The summed E-state index contributed by atoms with van der Waals surface area (Å²) in [6, 6.07) is 0. The SMILES string of the molecule is CC(=O)/C(Br)=C(\Br)C(C)O. The van der Waals surface area contributed by atoms with Crippen molar-refractivity contribution in [2.24, 2.45) is 0 Å². The third-order valence-corrected chi connectivity index (χ3v) is 3.46. The summed E-state index contributed by atoms with van der Waals surface area (Å²) in [5, 5.41) is 8.95. The van der Waals surface area contributed by atoms with E-state index in [1.54, 1.807) is 6.92 Å². The summed E-state index contributed by atoms with van der Waals surface area (Å²) in [5.74, 6) is -0.104. The normalized spacial score (nSPS) is 16.1. The maximum Gasteiger partial charge on any atom is 0.167 e. The Hall–Kier alpha value is 0.330. The zero-order valence-corrected chi connectivity index (χ0v) is 8.86. The van der Waals surface area contributed by atoms with Crippen LogP contribution in [-0.2, 0) is 4.79 Å². The van der Waals surface area contributed by atoms with Gasteiger partial charge in [-0.25, -0.2) is 0 Å². The molecule has 0 aromatic heterocycles. The van der Waals surface area contributed by atoms with Gasteiger partial charge < -0.3 is 5.11 Å². The van der Waals surface area contributed by atoms with E-state index in [1.807, 2.05) is 0 Å². The third-order valence-electron chi connectivity index (χ3n) is 0.886. The molecule has 0 aliphatic carbocycles. The second kappa shape index (κ2) is 4.26. The lowest BCUT2D eigenvalue weighted by Crippen LogP contribution is -2.03. The molecule has 0 aliphatic rings.